The van der Waals surface area contributed by atoms with Gasteiger partial charge in [-0.25, -0.2) is 0 Å². The Morgan fingerprint density at radius 2 is 1.24 bits per heavy atom. The zero-order chi connectivity index (χ0) is 42.3. The fourth-order valence-electron chi connectivity index (χ4n) is 9.38. The third kappa shape index (κ3) is 12.1. The molecule has 7 heteroatoms. The summed E-state index contributed by atoms with van der Waals surface area (Å²) in [6.45, 7) is 11.4. The van der Waals surface area contributed by atoms with Crippen molar-refractivity contribution in [1.29, 1.82) is 0 Å². The number of rotatable bonds is 23. The Hall–Kier alpha value is -3.90. The molecule has 3 aliphatic rings. The summed E-state index contributed by atoms with van der Waals surface area (Å²) < 4.78 is 12.1. The highest BCUT2D eigenvalue weighted by atomic mass is 35.5. The molecule has 0 fully saturated rings. The van der Waals surface area contributed by atoms with Crippen molar-refractivity contribution in [2.45, 2.75) is 161 Å². The zero-order valence-electron chi connectivity index (χ0n) is 37.2. The van der Waals surface area contributed by atoms with Crippen molar-refractivity contribution < 1.29 is 23.6 Å². The van der Waals surface area contributed by atoms with Crippen LogP contribution in [0.15, 0.2) is 94.7 Å². The number of methoxy groups -OCH3 is 2. The molecule has 0 saturated carbocycles. The summed E-state index contributed by atoms with van der Waals surface area (Å²) in [7, 11) is 2.93. The lowest BCUT2D eigenvalue weighted by molar-refractivity contribution is -0.438. The maximum Gasteiger partial charge on any atom is 0.305 e. The number of nitrogens with zero attached hydrogens (tertiary/aromatic N) is 2. The molecule has 59 heavy (non-hydrogen) atoms. The Labute approximate surface area is 361 Å². The second-order valence-corrected chi connectivity index (χ2v) is 18.2. The predicted octanol–water partition coefficient (Wildman–Crippen LogP) is 13.5. The van der Waals surface area contributed by atoms with E-state index in [-0.39, 0.29) is 22.8 Å². The quantitative estimate of drug-likeness (QED) is 0.0635. The maximum atomic E-state index is 11.4. The van der Waals surface area contributed by atoms with Crippen LogP contribution in [0.4, 0.5) is 11.4 Å². The van der Waals surface area contributed by atoms with Crippen LogP contribution in [0.2, 0.25) is 0 Å². The number of hydrogen-bond acceptors (Lipinski definition) is 5. The number of halogens is 1. The third-order valence-corrected chi connectivity index (χ3v) is 13.4. The second-order valence-electron chi connectivity index (χ2n) is 17.8. The standard InChI is InChI=1S/C52H72ClN2O4/c1-51(2)42-28-19-21-30-44(42)54(38-23-15-11-7-9-13-17-32-48(56)58-5)46(51)36-34-40-26-25-27-41(50(40)53)35-37-47-52(3,4)43-29-20-22-31-45(43)55(47)39-24-16-12-8-10-14-18-33-49(57)59-6/h19-22,28-31,34-37H,7-18,23-27,32-33,38-39H2,1-6H3/q+1. The number of esters is 2. The molecule has 320 valence electrons. The molecule has 2 aliphatic heterocycles. The van der Waals surface area contributed by atoms with E-state index in [2.05, 4.69) is 110 Å². The molecule has 2 heterocycles. The first kappa shape index (κ1) is 46.2. The Morgan fingerprint density at radius 3 is 1.88 bits per heavy atom. The van der Waals surface area contributed by atoms with E-state index in [4.69, 9.17) is 21.1 Å². The Bertz CT molecular complexity index is 1900. The van der Waals surface area contributed by atoms with Crippen molar-refractivity contribution in [3.05, 3.63) is 106 Å². The van der Waals surface area contributed by atoms with E-state index < -0.39 is 0 Å². The van der Waals surface area contributed by atoms with Crippen molar-refractivity contribution in [3.8, 4) is 0 Å². The van der Waals surface area contributed by atoms with Gasteiger partial charge in [0, 0.05) is 65.3 Å². The van der Waals surface area contributed by atoms with E-state index >= 15 is 0 Å². The summed E-state index contributed by atoms with van der Waals surface area (Å²) in [5.41, 5.74) is 10.4. The number of allylic oxidation sites excluding steroid dienone is 8. The SMILES string of the molecule is COC(=O)CCCCCCCCCN1/C(=C/C=C2\CCCC(/C=C/C3=[N+](CCCCCCCCCC(=O)OC)c4ccccc4C3(C)C)=C2Cl)C(C)(C)c2ccccc21. The van der Waals surface area contributed by atoms with Gasteiger partial charge >= 0.3 is 11.9 Å². The first-order chi connectivity index (χ1) is 28.5. The summed E-state index contributed by atoms with van der Waals surface area (Å²) in [4.78, 5) is 25.4. The van der Waals surface area contributed by atoms with Crippen LogP contribution < -0.4 is 4.90 Å². The van der Waals surface area contributed by atoms with E-state index in [0.29, 0.717) is 12.8 Å². The van der Waals surface area contributed by atoms with Gasteiger partial charge in [0.25, 0.3) is 0 Å². The fourth-order valence-corrected chi connectivity index (χ4v) is 9.70. The number of ether oxygens (including phenoxy) is 2. The van der Waals surface area contributed by atoms with Crippen LogP contribution in [0.5, 0.6) is 0 Å². The topological polar surface area (TPSA) is 58.8 Å². The molecule has 2 aromatic carbocycles. The van der Waals surface area contributed by atoms with E-state index in [0.717, 1.165) is 75.9 Å². The lowest BCUT2D eigenvalue weighted by atomic mass is 9.81. The molecule has 1 aliphatic carbocycles. The average molecular weight is 825 g/mol. The van der Waals surface area contributed by atoms with E-state index in [9.17, 15) is 9.59 Å². The van der Waals surface area contributed by atoms with Gasteiger partial charge in [0.2, 0.25) is 5.69 Å². The van der Waals surface area contributed by atoms with Crippen molar-refractivity contribution in [2.75, 3.05) is 32.2 Å². The Morgan fingerprint density at radius 1 is 0.678 bits per heavy atom. The van der Waals surface area contributed by atoms with Gasteiger partial charge in [-0.3, -0.25) is 9.59 Å². The number of carbonyl (C=O) groups excluding carboxylic acids is 2. The monoisotopic (exact) mass is 824 g/mol. The van der Waals surface area contributed by atoms with Crippen LogP contribution in [0, 0.1) is 0 Å². The second kappa shape index (κ2) is 22.6. The van der Waals surface area contributed by atoms with Crippen LogP contribution in [-0.4, -0.2) is 49.5 Å². The Balaban J connectivity index is 1.26. The first-order valence-electron chi connectivity index (χ1n) is 22.7. The summed E-state index contributed by atoms with van der Waals surface area (Å²) in [6.07, 6.45) is 29.4. The molecule has 0 radical (unpaired) electrons. The lowest BCUT2D eigenvalue weighted by Gasteiger charge is -2.27. The average Bonchev–Trinajstić information content (AvgIpc) is 3.59. The molecule has 0 bridgehead atoms. The number of para-hydroxylation sites is 2. The van der Waals surface area contributed by atoms with Crippen molar-refractivity contribution >= 4 is 40.6 Å². The van der Waals surface area contributed by atoms with Gasteiger partial charge in [0.15, 0.2) is 5.71 Å². The molecule has 6 nitrogen and oxygen atoms in total. The van der Waals surface area contributed by atoms with Gasteiger partial charge in [0.1, 0.15) is 6.54 Å². The first-order valence-corrected chi connectivity index (χ1v) is 23.1. The van der Waals surface area contributed by atoms with Gasteiger partial charge in [-0.1, -0.05) is 132 Å². The predicted molar refractivity (Wildman–Crippen MR) is 246 cm³/mol. The Kier molecular flexibility index (Phi) is 17.7. The smallest absolute Gasteiger partial charge is 0.305 e. The van der Waals surface area contributed by atoms with E-state index in [1.165, 1.54) is 111 Å². The number of anilines is 1. The molecule has 0 atom stereocenters. The van der Waals surface area contributed by atoms with Gasteiger partial charge in [-0.2, -0.15) is 4.58 Å². The zero-order valence-corrected chi connectivity index (χ0v) is 37.9. The highest BCUT2D eigenvalue weighted by molar-refractivity contribution is 6.32. The number of hydrogen-bond donors (Lipinski definition) is 0. The molecule has 2 aromatic rings. The lowest BCUT2D eigenvalue weighted by Crippen LogP contribution is -2.28. The fraction of sp³-hybridized carbons (Fsp3) is 0.558. The number of benzene rings is 2. The van der Waals surface area contributed by atoms with Crippen LogP contribution in [0.1, 0.15) is 161 Å². The molecule has 0 amide bonds. The third-order valence-electron chi connectivity index (χ3n) is 12.9. The molecule has 0 aromatic heterocycles. The number of fused-ring (bicyclic) bond motifs is 2. The molecule has 0 unspecified atom stereocenters. The van der Waals surface area contributed by atoms with E-state index in [1.807, 2.05) is 0 Å². The van der Waals surface area contributed by atoms with Crippen molar-refractivity contribution in [1.82, 2.24) is 0 Å². The van der Waals surface area contributed by atoms with Crippen molar-refractivity contribution in [3.63, 3.8) is 0 Å². The molecule has 0 N–H and O–H groups in total. The summed E-state index contributed by atoms with van der Waals surface area (Å²) in [5, 5.41) is 0.905. The molecule has 0 spiro atoms. The highest BCUT2D eigenvalue weighted by Gasteiger charge is 2.44. The largest absolute Gasteiger partial charge is 0.469 e. The summed E-state index contributed by atoms with van der Waals surface area (Å²) in [5.74, 6) is -0.204. The van der Waals surface area contributed by atoms with Crippen LogP contribution in [0.25, 0.3) is 0 Å². The number of unbranched alkanes of at least 4 members (excludes halogenated alkanes) is 12. The normalized spacial score (nSPS) is 18.3. The molecule has 5 rings (SSSR count). The van der Waals surface area contributed by atoms with Gasteiger partial charge < -0.3 is 14.4 Å². The van der Waals surface area contributed by atoms with Gasteiger partial charge in [0.05, 0.1) is 19.6 Å². The van der Waals surface area contributed by atoms with Gasteiger partial charge in [-0.05, 0) is 87.6 Å². The number of carbonyl (C=O) groups is 2. The van der Waals surface area contributed by atoms with Crippen LogP contribution in [0.3, 0.4) is 0 Å². The maximum absolute atomic E-state index is 11.4. The van der Waals surface area contributed by atoms with Crippen molar-refractivity contribution in [2.24, 2.45) is 0 Å². The molecule has 0 saturated heterocycles. The van der Waals surface area contributed by atoms with E-state index in [1.54, 1.807) is 0 Å². The highest BCUT2D eigenvalue weighted by Crippen LogP contribution is 2.48. The molecular weight excluding hydrogens is 752 g/mol. The summed E-state index contributed by atoms with van der Waals surface area (Å²) in [6, 6.07) is 17.8. The summed E-state index contributed by atoms with van der Waals surface area (Å²) >= 11 is 7.33. The molecular formula is C52H72ClN2O4+. The minimum absolute atomic E-state index is 0.101. The van der Waals surface area contributed by atoms with Crippen LogP contribution >= 0.6 is 11.6 Å². The van der Waals surface area contributed by atoms with Gasteiger partial charge in [-0.15, -0.1) is 0 Å². The minimum atomic E-state index is -0.102. The van der Waals surface area contributed by atoms with Crippen LogP contribution in [-0.2, 0) is 29.9 Å². The minimum Gasteiger partial charge on any atom is -0.469 e.